The van der Waals surface area contributed by atoms with Crippen molar-refractivity contribution in [2.75, 3.05) is 13.3 Å². The van der Waals surface area contributed by atoms with Crippen LogP contribution in [0.15, 0.2) is 30.3 Å². The van der Waals surface area contributed by atoms with Crippen LogP contribution in [0.4, 0.5) is 4.79 Å². The van der Waals surface area contributed by atoms with Gasteiger partial charge in [-0.3, -0.25) is 14.4 Å². The van der Waals surface area contributed by atoms with Crippen LogP contribution < -0.4 is 16.0 Å². The molecule has 162 valence electrons. The number of esters is 1. The van der Waals surface area contributed by atoms with Gasteiger partial charge in [0.25, 0.3) is 0 Å². The number of carbonyl (C=O) groups excluding carboxylic acids is 4. The van der Waals surface area contributed by atoms with E-state index in [1.54, 1.807) is 30.3 Å². The second-order valence-electron chi connectivity index (χ2n) is 6.51. The van der Waals surface area contributed by atoms with Gasteiger partial charge in [0.2, 0.25) is 18.6 Å². The molecule has 2 atom stereocenters. The summed E-state index contributed by atoms with van der Waals surface area (Å²) in [5.74, 6) is -3.58. The molecule has 0 saturated carbocycles. The molecule has 4 N–H and O–H groups in total. The minimum atomic E-state index is -1.38. The molecular weight excluding hydrogens is 398 g/mol. The van der Waals surface area contributed by atoms with Gasteiger partial charge < -0.3 is 30.5 Å². The number of hydrogen-bond donors (Lipinski definition) is 4. The molecular formula is C19H23N3O8. The van der Waals surface area contributed by atoms with Crippen LogP contribution in [0.5, 0.6) is 0 Å². The van der Waals surface area contributed by atoms with Crippen molar-refractivity contribution < 1.29 is 38.6 Å². The predicted molar refractivity (Wildman–Crippen MR) is 101 cm³/mol. The van der Waals surface area contributed by atoms with Crippen molar-refractivity contribution in [2.45, 2.75) is 37.8 Å². The molecule has 3 amide bonds. The zero-order chi connectivity index (χ0) is 21.9. The fraction of sp³-hybridized carbons (Fsp3) is 0.421. The monoisotopic (exact) mass is 421 g/mol. The molecule has 0 aromatic heterocycles. The summed E-state index contributed by atoms with van der Waals surface area (Å²) in [5.41, 5.74) is 0.704. The number of alkyl carbamates (subject to hydrolysis) is 1. The van der Waals surface area contributed by atoms with E-state index in [1.807, 2.05) is 0 Å². The molecule has 1 aromatic rings. The Hall–Kier alpha value is -3.63. The van der Waals surface area contributed by atoms with E-state index in [-0.39, 0.29) is 25.8 Å². The minimum Gasteiger partial charge on any atom is -0.481 e. The van der Waals surface area contributed by atoms with E-state index in [4.69, 9.17) is 14.6 Å². The number of rotatable bonds is 4. The number of hydrogen-bond acceptors (Lipinski definition) is 7. The van der Waals surface area contributed by atoms with Crippen LogP contribution >= 0.6 is 0 Å². The van der Waals surface area contributed by atoms with Gasteiger partial charge in [-0.25, -0.2) is 9.59 Å². The first-order valence-corrected chi connectivity index (χ1v) is 9.28. The Balaban J connectivity index is 2.21. The Morgan fingerprint density at radius 1 is 1.03 bits per heavy atom. The van der Waals surface area contributed by atoms with Crippen molar-refractivity contribution in [1.82, 2.24) is 16.0 Å². The van der Waals surface area contributed by atoms with Gasteiger partial charge in [0, 0.05) is 19.4 Å². The number of benzene rings is 1. The Morgan fingerprint density at radius 3 is 2.47 bits per heavy atom. The van der Waals surface area contributed by atoms with Crippen molar-refractivity contribution >= 4 is 29.8 Å². The zero-order valence-corrected chi connectivity index (χ0v) is 16.1. The molecule has 1 saturated heterocycles. The van der Waals surface area contributed by atoms with Crippen molar-refractivity contribution in [3.05, 3.63) is 35.9 Å². The van der Waals surface area contributed by atoms with Crippen LogP contribution in [0.2, 0.25) is 0 Å². The number of aliphatic carboxylic acids is 1. The molecule has 0 unspecified atom stereocenters. The normalized spacial score (nSPS) is 21.6. The summed E-state index contributed by atoms with van der Waals surface area (Å²) in [7, 11) is 0. The lowest BCUT2D eigenvalue weighted by Gasteiger charge is -2.22. The van der Waals surface area contributed by atoms with E-state index in [2.05, 4.69) is 16.0 Å². The Morgan fingerprint density at radius 2 is 1.77 bits per heavy atom. The molecule has 1 aromatic carbocycles. The van der Waals surface area contributed by atoms with Gasteiger partial charge in [0.1, 0.15) is 12.1 Å². The van der Waals surface area contributed by atoms with Crippen LogP contribution in [-0.2, 0) is 35.1 Å². The van der Waals surface area contributed by atoms with Gasteiger partial charge in [-0.1, -0.05) is 30.3 Å². The van der Waals surface area contributed by atoms with Crippen molar-refractivity contribution in [3.8, 4) is 0 Å². The maximum absolute atomic E-state index is 12.6. The highest BCUT2D eigenvalue weighted by Crippen LogP contribution is 2.07. The largest absolute Gasteiger partial charge is 0.481 e. The first-order chi connectivity index (χ1) is 14.3. The van der Waals surface area contributed by atoms with E-state index < -0.39 is 55.1 Å². The maximum Gasteiger partial charge on any atom is 0.410 e. The molecule has 0 spiro atoms. The molecule has 0 radical (unpaired) electrons. The highest BCUT2D eigenvalue weighted by Gasteiger charge is 2.29. The number of amides is 3. The van der Waals surface area contributed by atoms with E-state index in [0.717, 1.165) is 0 Å². The van der Waals surface area contributed by atoms with Crippen molar-refractivity contribution in [2.24, 2.45) is 0 Å². The van der Waals surface area contributed by atoms with E-state index in [1.165, 1.54) is 0 Å². The van der Waals surface area contributed by atoms with Crippen molar-refractivity contribution in [1.29, 1.82) is 0 Å². The lowest BCUT2D eigenvalue weighted by Crippen LogP contribution is -2.53. The van der Waals surface area contributed by atoms with Gasteiger partial charge in [0.15, 0.2) is 0 Å². The van der Waals surface area contributed by atoms with E-state index in [0.29, 0.717) is 5.56 Å². The van der Waals surface area contributed by atoms with Crippen molar-refractivity contribution in [3.63, 3.8) is 0 Å². The average Bonchev–Trinajstić information content (AvgIpc) is 2.70. The molecule has 0 bridgehead atoms. The predicted octanol–water partition coefficient (Wildman–Crippen LogP) is -0.306. The Kier molecular flexibility index (Phi) is 8.60. The van der Waals surface area contributed by atoms with Gasteiger partial charge in [0.05, 0.1) is 6.42 Å². The highest BCUT2D eigenvalue weighted by molar-refractivity contribution is 5.93. The van der Waals surface area contributed by atoms with Gasteiger partial charge in [-0.2, -0.15) is 0 Å². The second kappa shape index (κ2) is 11.4. The molecule has 30 heavy (non-hydrogen) atoms. The van der Waals surface area contributed by atoms with Gasteiger partial charge in [-0.15, -0.1) is 0 Å². The highest BCUT2D eigenvalue weighted by atomic mass is 16.7. The number of ether oxygens (including phenoxy) is 2. The summed E-state index contributed by atoms with van der Waals surface area (Å²) in [6.07, 6.45) is -1.26. The Bertz CT molecular complexity index is 783. The standard InChI is InChI=1S/C19H23N3O8/c23-15-7-4-8-20-19(28)30-11-29-18(27)14(9-12-5-2-1-3-6-12)22-17(26)13(21-15)10-16(24)25/h1-3,5-6,13-14H,4,7-11H2,(H,20,28)(H,21,23)(H,22,26)(H,24,25)/t13-,14-/m0/s1. The summed E-state index contributed by atoms with van der Waals surface area (Å²) in [4.78, 5) is 59.8. The molecule has 1 fully saturated rings. The van der Waals surface area contributed by atoms with Crippen LogP contribution in [0.3, 0.4) is 0 Å². The number of carboxylic acid groups (broad SMARTS) is 1. The number of carbonyl (C=O) groups is 5. The van der Waals surface area contributed by atoms with E-state index >= 15 is 0 Å². The first kappa shape index (κ1) is 22.7. The molecule has 1 heterocycles. The third kappa shape index (κ3) is 7.78. The van der Waals surface area contributed by atoms with E-state index in [9.17, 15) is 24.0 Å². The summed E-state index contributed by atoms with van der Waals surface area (Å²) in [6, 6.07) is 6.17. The fourth-order valence-electron chi connectivity index (χ4n) is 2.70. The number of cyclic esters (lactones) is 2. The van der Waals surface area contributed by atoms with Crippen LogP contribution in [-0.4, -0.2) is 60.4 Å². The number of nitrogens with one attached hydrogen (secondary N) is 3. The molecule has 11 nitrogen and oxygen atoms in total. The molecule has 11 heteroatoms. The smallest absolute Gasteiger partial charge is 0.410 e. The summed E-state index contributed by atoms with van der Waals surface area (Å²) in [5, 5.41) is 16.2. The SMILES string of the molecule is O=C(O)C[C@@H]1NC(=O)CCCNC(=O)OCOC(=O)[C@H](Cc2ccccc2)NC1=O. The summed E-state index contributed by atoms with van der Waals surface area (Å²) in [6.45, 7) is -0.561. The molecule has 1 aliphatic heterocycles. The summed E-state index contributed by atoms with van der Waals surface area (Å²) >= 11 is 0. The third-order valence-corrected chi connectivity index (χ3v) is 4.16. The molecule has 0 aliphatic carbocycles. The lowest BCUT2D eigenvalue weighted by molar-refractivity contribution is -0.155. The quantitative estimate of drug-likeness (QED) is 0.482. The van der Waals surface area contributed by atoms with Gasteiger partial charge in [-0.05, 0) is 12.0 Å². The second-order valence-corrected chi connectivity index (χ2v) is 6.51. The maximum atomic E-state index is 12.6. The van der Waals surface area contributed by atoms with Crippen LogP contribution in [0.25, 0.3) is 0 Å². The minimum absolute atomic E-state index is 0.0470. The third-order valence-electron chi connectivity index (χ3n) is 4.16. The topological polar surface area (TPSA) is 160 Å². The Labute approximate surface area is 172 Å². The van der Waals surface area contributed by atoms with Crippen LogP contribution in [0, 0.1) is 0 Å². The first-order valence-electron chi connectivity index (χ1n) is 9.28. The average molecular weight is 421 g/mol. The lowest BCUT2D eigenvalue weighted by atomic mass is 10.0. The van der Waals surface area contributed by atoms with Gasteiger partial charge >= 0.3 is 18.0 Å². The summed E-state index contributed by atoms with van der Waals surface area (Å²) < 4.78 is 9.65. The zero-order valence-electron chi connectivity index (χ0n) is 16.1. The molecule has 2 rings (SSSR count). The fourth-order valence-corrected chi connectivity index (χ4v) is 2.70. The van der Waals surface area contributed by atoms with Crippen LogP contribution in [0.1, 0.15) is 24.8 Å². The number of carboxylic acids is 1. The molecule has 1 aliphatic rings.